The van der Waals surface area contributed by atoms with Gasteiger partial charge in [0.15, 0.2) is 0 Å². The number of benzene rings is 1. The quantitative estimate of drug-likeness (QED) is 0.770. The van der Waals surface area contributed by atoms with E-state index in [9.17, 15) is 4.79 Å². The molecule has 0 atom stereocenters. The Morgan fingerprint density at radius 2 is 1.91 bits per heavy atom. The predicted molar refractivity (Wildman–Crippen MR) is 46.7 cm³/mol. The fourth-order valence-corrected chi connectivity index (χ4v) is 1.22. The lowest BCUT2D eigenvalue weighted by molar-refractivity contribution is 0.100. The van der Waals surface area contributed by atoms with Crippen LogP contribution in [-0.4, -0.2) is 5.91 Å². The smallest absolute Gasteiger partial charge is 0.248 e. The summed E-state index contributed by atoms with van der Waals surface area (Å²) >= 11 is 0. The van der Waals surface area contributed by atoms with Gasteiger partial charge in [-0.15, -0.1) is 0 Å². The van der Waals surface area contributed by atoms with Crippen molar-refractivity contribution in [3.05, 3.63) is 29.8 Å². The Morgan fingerprint density at radius 1 is 1.36 bits per heavy atom. The first-order valence-corrected chi connectivity index (χ1v) is 4.57. The molecule has 2 nitrogen and oxygen atoms in total. The number of halogens is 1. The maximum Gasteiger partial charge on any atom is 0.248 e. The van der Waals surface area contributed by atoms with Crippen molar-refractivity contribution in [2.24, 2.45) is 5.73 Å². The van der Waals surface area contributed by atoms with E-state index in [1.165, 1.54) is 0 Å². The van der Waals surface area contributed by atoms with Crippen LogP contribution in [0.1, 0.15) is 10.4 Å². The highest BCUT2D eigenvalue weighted by Crippen LogP contribution is 2.21. The zero-order valence-electron chi connectivity index (χ0n) is 5.58. The summed E-state index contributed by atoms with van der Waals surface area (Å²) < 4.78 is 0. The van der Waals surface area contributed by atoms with E-state index in [-0.39, 0.29) is 0 Å². The summed E-state index contributed by atoms with van der Waals surface area (Å²) in [5.41, 5.74) is 5.53. The Morgan fingerprint density at radius 3 is 2.27 bits per heavy atom. The molecule has 0 bridgehead atoms. The van der Waals surface area contributed by atoms with Crippen LogP contribution >= 0.6 is 21.7 Å². The Kier molecular flexibility index (Phi) is 2.79. The Balaban J connectivity index is 2.91. The standard InChI is InChI=1S/C7H6ClNOS/c8-11-6-3-1-5(2-4-6)7(9)10/h1-4H,(H2,9,10). The number of hydrogen-bond acceptors (Lipinski definition) is 2. The molecule has 58 valence electrons. The van der Waals surface area contributed by atoms with E-state index in [1.54, 1.807) is 24.3 Å². The van der Waals surface area contributed by atoms with Crippen LogP contribution in [0.15, 0.2) is 29.2 Å². The molecule has 0 saturated heterocycles. The largest absolute Gasteiger partial charge is 0.366 e. The molecule has 0 heterocycles. The molecule has 0 aliphatic carbocycles. The van der Waals surface area contributed by atoms with Gasteiger partial charge in [-0.1, -0.05) is 0 Å². The molecule has 11 heavy (non-hydrogen) atoms. The molecule has 0 saturated carbocycles. The summed E-state index contributed by atoms with van der Waals surface area (Å²) in [5.74, 6) is -0.420. The van der Waals surface area contributed by atoms with Crippen molar-refractivity contribution in [1.82, 2.24) is 0 Å². The molecule has 0 aliphatic rings. The lowest BCUT2D eigenvalue weighted by Gasteiger charge is -1.95. The third kappa shape index (κ3) is 2.13. The minimum absolute atomic E-state index is 0.420. The highest BCUT2D eigenvalue weighted by Gasteiger charge is 1.98. The van der Waals surface area contributed by atoms with Gasteiger partial charge in [-0.2, -0.15) is 0 Å². The van der Waals surface area contributed by atoms with Gasteiger partial charge >= 0.3 is 0 Å². The molecule has 4 heteroatoms. The van der Waals surface area contributed by atoms with Crippen molar-refractivity contribution >= 4 is 27.6 Å². The van der Waals surface area contributed by atoms with Crippen molar-refractivity contribution in [3.8, 4) is 0 Å². The van der Waals surface area contributed by atoms with Gasteiger partial charge in [-0.05, 0) is 45.9 Å². The van der Waals surface area contributed by atoms with Crippen LogP contribution in [0.3, 0.4) is 0 Å². The molecular weight excluding hydrogens is 182 g/mol. The van der Waals surface area contributed by atoms with Crippen molar-refractivity contribution in [2.45, 2.75) is 4.90 Å². The van der Waals surface area contributed by atoms with Gasteiger partial charge in [0.1, 0.15) is 0 Å². The SMILES string of the molecule is NC(=O)c1ccc(SCl)cc1. The molecule has 0 spiro atoms. The van der Waals surface area contributed by atoms with Gasteiger partial charge < -0.3 is 5.73 Å². The molecule has 1 aromatic rings. The summed E-state index contributed by atoms with van der Waals surface area (Å²) in [6.07, 6.45) is 0. The second-order valence-corrected chi connectivity index (χ2v) is 3.05. The number of hydrogen-bond donors (Lipinski definition) is 1. The summed E-state index contributed by atoms with van der Waals surface area (Å²) in [4.78, 5) is 11.5. The minimum atomic E-state index is -0.420. The minimum Gasteiger partial charge on any atom is -0.366 e. The Labute approximate surface area is 73.2 Å². The topological polar surface area (TPSA) is 43.1 Å². The summed E-state index contributed by atoms with van der Waals surface area (Å²) in [6.45, 7) is 0. The van der Waals surface area contributed by atoms with Crippen LogP contribution in [0.4, 0.5) is 0 Å². The van der Waals surface area contributed by atoms with E-state index >= 15 is 0 Å². The van der Waals surface area contributed by atoms with E-state index < -0.39 is 5.91 Å². The molecule has 0 unspecified atom stereocenters. The zero-order valence-corrected chi connectivity index (χ0v) is 7.15. The third-order valence-electron chi connectivity index (χ3n) is 1.23. The van der Waals surface area contributed by atoms with Crippen LogP contribution < -0.4 is 5.73 Å². The molecule has 1 amide bonds. The summed E-state index contributed by atoms with van der Waals surface area (Å²) in [5, 5.41) is 0. The summed E-state index contributed by atoms with van der Waals surface area (Å²) in [6, 6.07) is 6.79. The van der Waals surface area contributed by atoms with E-state index in [2.05, 4.69) is 0 Å². The molecule has 0 fully saturated rings. The second-order valence-electron chi connectivity index (χ2n) is 1.97. The van der Waals surface area contributed by atoms with E-state index in [0.717, 1.165) is 15.9 Å². The van der Waals surface area contributed by atoms with Crippen LogP contribution in [0.25, 0.3) is 0 Å². The number of rotatable bonds is 2. The first-order valence-electron chi connectivity index (χ1n) is 2.92. The van der Waals surface area contributed by atoms with Crippen molar-refractivity contribution in [3.63, 3.8) is 0 Å². The van der Waals surface area contributed by atoms with Crippen LogP contribution in [0, 0.1) is 0 Å². The van der Waals surface area contributed by atoms with Crippen LogP contribution in [0.2, 0.25) is 0 Å². The van der Waals surface area contributed by atoms with Crippen molar-refractivity contribution in [1.29, 1.82) is 0 Å². The molecule has 0 aliphatic heterocycles. The normalized spacial score (nSPS) is 9.55. The number of amides is 1. The first kappa shape index (κ1) is 8.43. The van der Waals surface area contributed by atoms with Gasteiger partial charge in [0, 0.05) is 10.5 Å². The van der Waals surface area contributed by atoms with Gasteiger partial charge in [0.05, 0.1) is 0 Å². The Bertz CT molecular complexity index is 260. The maximum atomic E-state index is 10.6. The number of carbonyl (C=O) groups excluding carboxylic acids is 1. The highest BCUT2D eigenvalue weighted by atomic mass is 35.7. The van der Waals surface area contributed by atoms with E-state index in [0.29, 0.717) is 5.56 Å². The molecule has 0 aromatic heterocycles. The van der Waals surface area contributed by atoms with Gasteiger partial charge in [0.25, 0.3) is 0 Å². The number of primary amides is 1. The van der Waals surface area contributed by atoms with Crippen molar-refractivity contribution < 1.29 is 4.79 Å². The van der Waals surface area contributed by atoms with Crippen LogP contribution in [0.5, 0.6) is 0 Å². The fourth-order valence-electron chi connectivity index (χ4n) is 0.671. The maximum absolute atomic E-state index is 10.6. The predicted octanol–water partition coefficient (Wildman–Crippen LogP) is 2.03. The number of nitrogens with two attached hydrogens (primary N) is 1. The average Bonchev–Trinajstić information content (AvgIpc) is 2.05. The third-order valence-corrected chi connectivity index (χ3v) is 2.21. The van der Waals surface area contributed by atoms with Crippen molar-refractivity contribution in [2.75, 3.05) is 0 Å². The highest BCUT2D eigenvalue weighted by molar-refractivity contribution is 8.21. The first-order chi connectivity index (χ1) is 5.24. The zero-order chi connectivity index (χ0) is 8.27. The van der Waals surface area contributed by atoms with Gasteiger partial charge in [-0.25, -0.2) is 0 Å². The molecule has 1 aromatic carbocycles. The molecular formula is C7H6ClNOS. The second kappa shape index (κ2) is 3.64. The lowest BCUT2D eigenvalue weighted by atomic mass is 10.2. The molecule has 1 rings (SSSR count). The molecule has 2 N–H and O–H groups in total. The monoisotopic (exact) mass is 187 g/mol. The van der Waals surface area contributed by atoms with E-state index in [1.807, 2.05) is 0 Å². The van der Waals surface area contributed by atoms with E-state index in [4.69, 9.17) is 16.4 Å². The summed E-state index contributed by atoms with van der Waals surface area (Å²) in [7, 11) is 6.57. The van der Waals surface area contributed by atoms with Gasteiger partial charge in [-0.3, -0.25) is 4.79 Å². The lowest BCUT2D eigenvalue weighted by Crippen LogP contribution is -2.10. The van der Waals surface area contributed by atoms with Gasteiger partial charge in [0.2, 0.25) is 5.91 Å². The Hall–Kier alpha value is -0.670. The average molecular weight is 188 g/mol. The van der Waals surface area contributed by atoms with Crippen LogP contribution in [-0.2, 0) is 0 Å². The fraction of sp³-hybridized carbons (Fsp3) is 0. The number of carbonyl (C=O) groups is 1. The molecule has 0 radical (unpaired) electrons.